The summed E-state index contributed by atoms with van der Waals surface area (Å²) in [5.41, 5.74) is 3.95. The highest BCUT2D eigenvalue weighted by atomic mass is 32.2. The molecule has 0 spiro atoms. The van der Waals surface area contributed by atoms with Crippen molar-refractivity contribution in [1.29, 1.82) is 0 Å². The lowest BCUT2D eigenvalue weighted by Crippen LogP contribution is -2.63. The summed E-state index contributed by atoms with van der Waals surface area (Å²) in [5, 5.41) is 48.8. The lowest BCUT2D eigenvalue weighted by Gasteiger charge is -2.50. The summed E-state index contributed by atoms with van der Waals surface area (Å²) in [5.74, 6) is -5.96. The quantitative estimate of drug-likeness (QED) is 0.265. The predicted octanol–water partition coefficient (Wildman–Crippen LogP) is 2.12. The summed E-state index contributed by atoms with van der Waals surface area (Å²) in [4.78, 5) is 41.2. The van der Waals surface area contributed by atoms with Crippen LogP contribution < -0.4 is 11.1 Å². The minimum absolute atomic E-state index is 0.0262. The average molecular weight is 574 g/mol. The summed E-state index contributed by atoms with van der Waals surface area (Å²) >= 11 is 1.49. The van der Waals surface area contributed by atoms with Crippen LogP contribution in [0.5, 0.6) is 5.75 Å². The molecule has 10 nitrogen and oxygen atoms in total. The molecule has 1 aromatic rings. The number of phenolic OH excluding ortho intramolecular Hbond substituents is 1. The number of nitrogens with one attached hydrogen (secondary N) is 1. The van der Waals surface area contributed by atoms with E-state index in [0.29, 0.717) is 23.4 Å². The number of fused-ring (bicyclic) bond motifs is 3. The molecule has 1 unspecified atom stereocenters. The van der Waals surface area contributed by atoms with Crippen molar-refractivity contribution in [1.82, 2.24) is 10.2 Å². The van der Waals surface area contributed by atoms with Crippen molar-refractivity contribution in [3.05, 3.63) is 51.0 Å². The van der Waals surface area contributed by atoms with Crippen LogP contribution in [0.15, 0.2) is 28.7 Å². The first kappa shape index (κ1) is 30.1. The number of phenols is 1. The zero-order chi connectivity index (χ0) is 29.9. The first-order valence-electron chi connectivity index (χ1n) is 13.3. The lowest BCUT2D eigenvalue weighted by molar-refractivity contribution is -0.148. The van der Waals surface area contributed by atoms with Gasteiger partial charge in [0.05, 0.1) is 11.6 Å². The fourth-order valence-corrected chi connectivity index (χ4v) is 6.98. The standard InChI is InChI=1S/C29H39N3O7S/c1-28(2,3)12-31-10-14-7-15(11-40-6)22(33)19-16(14)8-13-9-17-21(32(4)5)24(35)20(27(30)38)26(37)29(17,39)25(36)18(13)23(19)34/h7,13,17,21,31,33,35-36,39H,8-12H2,1-6H3,(H2,30,38)/t13-,17-,21?,29-/m0/s1. The van der Waals surface area contributed by atoms with Crippen molar-refractivity contribution in [3.8, 4) is 5.75 Å². The number of hydrogen-bond acceptors (Lipinski definition) is 10. The van der Waals surface area contributed by atoms with Gasteiger partial charge in [0.15, 0.2) is 11.4 Å². The molecule has 40 heavy (non-hydrogen) atoms. The fraction of sp³-hybridized carbons (Fsp3) is 0.552. The molecule has 0 radical (unpaired) electrons. The molecule has 4 rings (SSSR count). The third-order valence-corrected chi connectivity index (χ3v) is 8.76. The maximum Gasteiger partial charge on any atom is 0.255 e. The number of Topliss-reactive ketones (excluding diaryl/α,β-unsaturated/α-hetero) is 2. The number of benzene rings is 1. The highest BCUT2D eigenvalue weighted by molar-refractivity contribution is 7.97. The van der Waals surface area contributed by atoms with Gasteiger partial charge in [-0.25, -0.2) is 0 Å². The SMILES string of the molecule is CSCc1cc(CNCC(C)(C)C)c2c(c1O)C(=O)C1=C(O)[C@]3(O)C(=O)C(C(N)=O)=C(O)C(N(C)C)[C@@H]3C[C@@H]1C2. The van der Waals surface area contributed by atoms with Gasteiger partial charge in [0.1, 0.15) is 22.8 Å². The van der Waals surface area contributed by atoms with Gasteiger partial charge < -0.3 is 31.5 Å². The van der Waals surface area contributed by atoms with Gasteiger partial charge in [-0.3, -0.25) is 19.3 Å². The number of carbonyl (C=O) groups is 3. The molecule has 0 aliphatic heterocycles. The van der Waals surface area contributed by atoms with Crippen molar-refractivity contribution in [3.63, 3.8) is 0 Å². The molecule has 0 saturated heterocycles. The first-order chi connectivity index (χ1) is 18.6. The van der Waals surface area contributed by atoms with Gasteiger partial charge >= 0.3 is 0 Å². The molecule has 0 saturated carbocycles. The molecule has 11 heteroatoms. The van der Waals surface area contributed by atoms with Crippen LogP contribution in [0.25, 0.3) is 0 Å². The number of aromatic hydroxyl groups is 1. The van der Waals surface area contributed by atoms with Crippen molar-refractivity contribution in [2.75, 3.05) is 26.9 Å². The number of hydrogen-bond donors (Lipinski definition) is 6. The number of amides is 1. The summed E-state index contributed by atoms with van der Waals surface area (Å²) in [6, 6.07) is 0.887. The molecule has 1 aromatic carbocycles. The second-order valence-electron chi connectivity index (χ2n) is 12.5. The van der Waals surface area contributed by atoms with E-state index >= 15 is 0 Å². The van der Waals surface area contributed by atoms with Gasteiger partial charge in [0.25, 0.3) is 5.91 Å². The number of rotatable bonds is 7. The van der Waals surface area contributed by atoms with Crippen LogP contribution in [-0.2, 0) is 28.3 Å². The number of aliphatic hydroxyl groups excluding tert-OH is 2. The maximum absolute atomic E-state index is 14.1. The second-order valence-corrected chi connectivity index (χ2v) is 13.3. The molecule has 4 atom stereocenters. The Hall–Kier alpha value is -2.86. The van der Waals surface area contributed by atoms with E-state index in [-0.39, 0.29) is 35.1 Å². The number of carbonyl (C=O) groups excluding carboxylic acids is 3. The Labute approximate surface area is 238 Å². The summed E-state index contributed by atoms with van der Waals surface area (Å²) in [6.07, 6.45) is 2.22. The van der Waals surface area contributed by atoms with Gasteiger partial charge in [0.2, 0.25) is 5.78 Å². The normalized spacial score (nSPS) is 26.6. The van der Waals surface area contributed by atoms with Gasteiger partial charge in [-0.1, -0.05) is 20.8 Å². The zero-order valence-electron chi connectivity index (χ0n) is 23.8. The number of aliphatic hydroxyl groups is 3. The van der Waals surface area contributed by atoms with E-state index in [4.69, 9.17) is 5.73 Å². The van der Waals surface area contributed by atoms with Crippen LogP contribution >= 0.6 is 11.8 Å². The van der Waals surface area contributed by atoms with E-state index in [1.54, 1.807) is 19.0 Å². The van der Waals surface area contributed by atoms with Crippen LogP contribution in [0.4, 0.5) is 0 Å². The minimum atomic E-state index is -2.64. The summed E-state index contributed by atoms with van der Waals surface area (Å²) < 4.78 is 0. The van der Waals surface area contributed by atoms with Crippen LogP contribution in [-0.4, -0.2) is 81.3 Å². The van der Waals surface area contributed by atoms with E-state index in [1.807, 2.05) is 12.3 Å². The minimum Gasteiger partial charge on any atom is -0.510 e. The number of primary amides is 1. The molecule has 3 aliphatic carbocycles. The molecule has 0 aromatic heterocycles. The van der Waals surface area contributed by atoms with E-state index in [2.05, 4.69) is 26.1 Å². The van der Waals surface area contributed by atoms with Gasteiger partial charge in [-0.15, -0.1) is 0 Å². The van der Waals surface area contributed by atoms with Gasteiger partial charge in [0, 0.05) is 35.9 Å². The molecule has 3 aliphatic rings. The van der Waals surface area contributed by atoms with Crippen molar-refractivity contribution in [2.45, 2.75) is 57.6 Å². The molecular weight excluding hydrogens is 534 g/mol. The third-order valence-electron chi connectivity index (χ3n) is 8.16. The van der Waals surface area contributed by atoms with Crippen LogP contribution in [0.1, 0.15) is 54.2 Å². The topological polar surface area (TPSA) is 173 Å². The van der Waals surface area contributed by atoms with E-state index in [1.165, 1.54) is 11.8 Å². The first-order valence-corrected chi connectivity index (χ1v) is 14.7. The lowest BCUT2D eigenvalue weighted by atomic mass is 9.58. The average Bonchev–Trinajstić information content (AvgIpc) is 2.83. The summed E-state index contributed by atoms with van der Waals surface area (Å²) in [6.45, 7) is 7.51. The Balaban J connectivity index is 1.90. The highest BCUT2D eigenvalue weighted by Gasteiger charge is 2.63. The molecule has 0 heterocycles. The number of ketones is 2. The van der Waals surface area contributed by atoms with Crippen LogP contribution in [0.2, 0.25) is 0 Å². The van der Waals surface area contributed by atoms with Crippen LogP contribution in [0.3, 0.4) is 0 Å². The Bertz CT molecular complexity index is 1340. The van der Waals surface area contributed by atoms with Crippen LogP contribution in [0, 0.1) is 17.3 Å². The third kappa shape index (κ3) is 4.72. The van der Waals surface area contributed by atoms with Crippen molar-refractivity contribution in [2.24, 2.45) is 23.0 Å². The molecular formula is C29H39N3O7S. The van der Waals surface area contributed by atoms with E-state index < -0.39 is 58.0 Å². The smallest absolute Gasteiger partial charge is 0.255 e. The Morgan fingerprint density at radius 1 is 1.20 bits per heavy atom. The zero-order valence-corrected chi connectivity index (χ0v) is 24.6. The number of likely N-dealkylation sites (N-methyl/N-ethyl adjacent to an activating group) is 1. The second kappa shape index (κ2) is 10.5. The maximum atomic E-state index is 14.1. The number of allylic oxidation sites excluding steroid dienone is 1. The number of nitrogens with two attached hydrogens (primary N) is 1. The molecule has 7 N–H and O–H groups in total. The van der Waals surface area contributed by atoms with Gasteiger partial charge in [-0.2, -0.15) is 11.8 Å². The Morgan fingerprint density at radius 3 is 2.40 bits per heavy atom. The molecule has 0 bridgehead atoms. The largest absolute Gasteiger partial charge is 0.510 e. The number of nitrogens with zero attached hydrogens (tertiary/aromatic N) is 1. The van der Waals surface area contributed by atoms with E-state index in [9.17, 15) is 34.8 Å². The monoisotopic (exact) mass is 573 g/mol. The summed E-state index contributed by atoms with van der Waals surface area (Å²) in [7, 11) is 3.22. The van der Waals surface area contributed by atoms with Gasteiger partial charge in [-0.05, 0) is 61.7 Å². The molecule has 218 valence electrons. The Kier molecular flexibility index (Phi) is 7.92. The van der Waals surface area contributed by atoms with Crippen molar-refractivity contribution < 1.29 is 34.8 Å². The van der Waals surface area contributed by atoms with Crippen molar-refractivity contribution >= 4 is 29.2 Å². The van der Waals surface area contributed by atoms with E-state index in [0.717, 1.165) is 12.1 Å². The Morgan fingerprint density at radius 2 is 1.85 bits per heavy atom. The predicted molar refractivity (Wildman–Crippen MR) is 152 cm³/mol. The molecule has 1 amide bonds. The fourth-order valence-electron chi connectivity index (χ4n) is 6.45. The molecule has 0 fully saturated rings. The number of thioether (sulfide) groups is 1. The highest BCUT2D eigenvalue weighted by Crippen LogP contribution is 2.52.